The summed E-state index contributed by atoms with van der Waals surface area (Å²) in [6, 6.07) is 7.25. The minimum absolute atomic E-state index is 0.646. The van der Waals surface area contributed by atoms with E-state index in [1.165, 1.54) is 0 Å². The van der Waals surface area contributed by atoms with E-state index in [2.05, 4.69) is 0 Å². The van der Waals surface area contributed by atoms with E-state index in [1.54, 1.807) is 12.1 Å². The Hall–Kier alpha value is -1.75. The van der Waals surface area contributed by atoms with Gasteiger partial charge < -0.3 is 21.7 Å². The Morgan fingerprint density at radius 3 is 1.69 bits per heavy atom. The van der Waals surface area contributed by atoms with Crippen LogP contribution in [-0.2, 0) is 4.79 Å². The zero-order valence-corrected chi connectivity index (χ0v) is 6.97. The molecule has 0 unspecified atom stereocenters. The van der Waals surface area contributed by atoms with Crippen LogP contribution in [0.2, 0.25) is 0 Å². The highest BCUT2D eigenvalue weighted by Gasteiger charge is 1.85. The summed E-state index contributed by atoms with van der Waals surface area (Å²) in [5, 5.41) is 15.0. The molecule has 0 atom stereocenters. The maximum atomic E-state index is 9.12. The predicted octanol–water partition coefficient (Wildman–Crippen LogP) is -0.0857. The third-order valence-electron chi connectivity index (χ3n) is 1.13. The number of para-hydroxylation sites is 2. The summed E-state index contributed by atoms with van der Waals surface area (Å²) in [6.07, 6.45) is 0. The Morgan fingerprint density at radius 2 is 1.54 bits per heavy atom. The summed E-state index contributed by atoms with van der Waals surface area (Å²) < 4.78 is 0. The largest absolute Gasteiger partial charge is 0.480 e. The molecule has 1 rings (SSSR count). The van der Waals surface area contributed by atoms with Crippen molar-refractivity contribution in [3.05, 3.63) is 24.3 Å². The van der Waals surface area contributed by atoms with Crippen molar-refractivity contribution in [2.45, 2.75) is 0 Å². The Bertz CT molecular complexity index is 255. The molecule has 0 amide bonds. The van der Waals surface area contributed by atoms with Gasteiger partial charge in [-0.1, -0.05) is 12.1 Å². The first-order valence-electron chi connectivity index (χ1n) is 3.50. The molecule has 0 bridgehead atoms. The molecule has 0 spiro atoms. The summed E-state index contributed by atoms with van der Waals surface area (Å²) >= 11 is 0. The van der Waals surface area contributed by atoms with E-state index in [0.717, 1.165) is 0 Å². The van der Waals surface area contributed by atoms with Crippen LogP contribution < -0.4 is 11.5 Å². The van der Waals surface area contributed by atoms with Crippen LogP contribution in [-0.4, -0.2) is 22.8 Å². The molecule has 72 valence electrons. The number of anilines is 2. The molecule has 5 heteroatoms. The van der Waals surface area contributed by atoms with E-state index < -0.39 is 12.6 Å². The molecule has 0 radical (unpaired) electrons. The number of aliphatic carboxylic acids is 1. The molecule has 5 nitrogen and oxygen atoms in total. The van der Waals surface area contributed by atoms with Crippen LogP contribution in [0.3, 0.4) is 0 Å². The van der Waals surface area contributed by atoms with E-state index >= 15 is 0 Å². The summed E-state index contributed by atoms with van der Waals surface area (Å²) in [5.74, 6) is -1.19. The van der Waals surface area contributed by atoms with Gasteiger partial charge in [0.1, 0.15) is 6.61 Å². The molecule has 0 saturated carbocycles. The number of hydrogen-bond donors (Lipinski definition) is 4. The van der Waals surface area contributed by atoms with Crippen LogP contribution in [0.4, 0.5) is 11.4 Å². The highest BCUT2D eigenvalue weighted by molar-refractivity contribution is 5.67. The summed E-state index contributed by atoms with van der Waals surface area (Å²) in [7, 11) is 0. The van der Waals surface area contributed by atoms with Gasteiger partial charge in [-0.25, -0.2) is 4.79 Å². The molecular formula is C8H12N2O3. The number of rotatable bonds is 1. The summed E-state index contributed by atoms with van der Waals surface area (Å²) in [6.45, 7) is -0.778. The minimum atomic E-state index is -1.19. The van der Waals surface area contributed by atoms with E-state index in [4.69, 9.17) is 26.5 Å². The number of hydrogen-bond acceptors (Lipinski definition) is 4. The number of carbonyl (C=O) groups is 1. The Labute approximate surface area is 75.6 Å². The van der Waals surface area contributed by atoms with E-state index in [0.29, 0.717) is 11.4 Å². The van der Waals surface area contributed by atoms with Gasteiger partial charge in [0.2, 0.25) is 0 Å². The lowest BCUT2D eigenvalue weighted by Crippen LogP contribution is -1.98. The number of carboxylic acid groups (broad SMARTS) is 1. The maximum Gasteiger partial charge on any atom is 0.329 e. The molecule has 0 aliphatic heterocycles. The third kappa shape index (κ3) is 5.51. The monoisotopic (exact) mass is 184 g/mol. The van der Waals surface area contributed by atoms with Gasteiger partial charge in [-0.2, -0.15) is 0 Å². The lowest BCUT2D eigenvalue weighted by molar-refractivity contribution is -0.140. The fourth-order valence-electron chi connectivity index (χ4n) is 0.511. The van der Waals surface area contributed by atoms with Crippen molar-refractivity contribution in [3.8, 4) is 0 Å². The second-order valence-electron chi connectivity index (χ2n) is 2.18. The van der Waals surface area contributed by atoms with Crippen molar-refractivity contribution < 1.29 is 15.0 Å². The van der Waals surface area contributed by atoms with Gasteiger partial charge in [-0.05, 0) is 12.1 Å². The van der Waals surface area contributed by atoms with Crippen molar-refractivity contribution in [1.82, 2.24) is 0 Å². The molecule has 6 N–H and O–H groups in total. The predicted molar refractivity (Wildman–Crippen MR) is 50.0 cm³/mol. The topological polar surface area (TPSA) is 110 Å². The molecule has 1 aromatic rings. The lowest BCUT2D eigenvalue weighted by atomic mass is 10.3. The molecule has 1 aromatic carbocycles. The van der Waals surface area contributed by atoms with Crippen LogP contribution in [0.15, 0.2) is 24.3 Å². The van der Waals surface area contributed by atoms with Gasteiger partial charge in [0, 0.05) is 0 Å². The first kappa shape index (κ1) is 11.2. The lowest BCUT2D eigenvalue weighted by Gasteiger charge is -1.94. The number of carboxylic acids is 1. The molecule has 0 aliphatic carbocycles. The number of benzene rings is 1. The second kappa shape index (κ2) is 5.84. The van der Waals surface area contributed by atoms with Gasteiger partial charge >= 0.3 is 5.97 Å². The fourth-order valence-corrected chi connectivity index (χ4v) is 0.511. The minimum Gasteiger partial charge on any atom is -0.480 e. The maximum absolute atomic E-state index is 9.12. The number of nitrogens with two attached hydrogens (primary N) is 2. The quantitative estimate of drug-likeness (QED) is 0.456. The zero-order chi connectivity index (χ0) is 10.3. The molecule has 0 heterocycles. The Morgan fingerprint density at radius 1 is 1.23 bits per heavy atom. The van der Waals surface area contributed by atoms with Crippen LogP contribution in [0, 0.1) is 0 Å². The Balaban J connectivity index is 0.000000252. The van der Waals surface area contributed by atoms with Gasteiger partial charge in [-0.15, -0.1) is 0 Å². The van der Waals surface area contributed by atoms with Crippen LogP contribution in [0.25, 0.3) is 0 Å². The SMILES string of the molecule is Nc1ccccc1N.O=C(O)CO. The number of aliphatic hydroxyl groups is 1. The summed E-state index contributed by atoms with van der Waals surface area (Å²) in [5.41, 5.74) is 12.1. The van der Waals surface area contributed by atoms with Crippen molar-refractivity contribution in [1.29, 1.82) is 0 Å². The van der Waals surface area contributed by atoms with Crippen LogP contribution >= 0.6 is 0 Å². The molecule has 0 aromatic heterocycles. The number of aliphatic hydroxyl groups excluding tert-OH is 1. The molecule has 0 fully saturated rings. The molecular weight excluding hydrogens is 172 g/mol. The van der Waals surface area contributed by atoms with E-state index in [9.17, 15) is 0 Å². The highest BCUT2D eigenvalue weighted by Crippen LogP contribution is 2.10. The van der Waals surface area contributed by atoms with Crippen molar-refractivity contribution in [2.24, 2.45) is 0 Å². The van der Waals surface area contributed by atoms with Gasteiger partial charge in [0.15, 0.2) is 0 Å². The van der Waals surface area contributed by atoms with Crippen molar-refractivity contribution in [3.63, 3.8) is 0 Å². The highest BCUT2D eigenvalue weighted by atomic mass is 16.4. The zero-order valence-electron chi connectivity index (χ0n) is 6.97. The average Bonchev–Trinajstić information content (AvgIpc) is 2.11. The smallest absolute Gasteiger partial charge is 0.329 e. The van der Waals surface area contributed by atoms with Gasteiger partial charge in [0.25, 0.3) is 0 Å². The molecule has 13 heavy (non-hydrogen) atoms. The average molecular weight is 184 g/mol. The third-order valence-corrected chi connectivity index (χ3v) is 1.13. The standard InChI is InChI=1S/C6H8N2.C2H4O3/c7-5-3-1-2-4-6(5)8;3-1-2(4)5/h1-4H,7-8H2;3H,1H2,(H,4,5). The Kier molecular flexibility index (Phi) is 5.06. The van der Waals surface area contributed by atoms with Crippen molar-refractivity contribution >= 4 is 17.3 Å². The van der Waals surface area contributed by atoms with Crippen molar-refractivity contribution in [2.75, 3.05) is 18.1 Å². The van der Waals surface area contributed by atoms with E-state index in [1.807, 2.05) is 12.1 Å². The molecule has 0 aliphatic rings. The summed E-state index contributed by atoms with van der Waals surface area (Å²) in [4.78, 5) is 9.12. The van der Waals surface area contributed by atoms with E-state index in [-0.39, 0.29) is 0 Å². The number of nitrogen functional groups attached to an aromatic ring is 2. The van der Waals surface area contributed by atoms with Gasteiger partial charge in [-0.3, -0.25) is 0 Å². The van der Waals surface area contributed by atoms with Crippen LogP contribution in [0.1, 0.15) is 0 Å². The molecule has 0 saturated heterocycles. The normalized spacial score (nSPS) is 8.38. The van der Waals surface area contributed by atoms with Gasteiger partial charge in [0.05, 0.1) is 11.4 Å². The first-order valence-corrected chi connectivity index (χ1v) is 3.50. The fraction of sp³-hybridized carbons (Fsp3) is 0.125. The van der Waals surface area contributed by atoms with Crippen LogP contribution in [0.5, 0.6) is 0 Å². The second-order valence-corrected chi connectivity index (χ2v) is 2.18. The first-order chi connectivity index (χ1) is 6.07.